The number of anilines is 1. The summed E-state index contributed by atoms with van der Waals surface area (Å²) >= 11 is 3.35. The summed E-state index contributed by atoms with van der Waals surface area (Å²) in [6.07, 6.45) is 0. The Morgan fingerprint density at radius 3 is 3.05 bits per heavy atom. The highest BCUT2D eigenvalue weighted by Gasteiger charge is 2.21. The van der Waals surface area contributed by atoms with Gasteiger partial charge in [-0.1, -0.05) is 6.07 Å². The zero-order valence-electron chi connectivity index (χ0n) is 11.0. The minimum Gasteiger partial charge on any atom is -0.337 e. The zero-order chi connectivity index (χ0) is 14.1. The fourth-order valence-corrected chi connectivity index (χ4v) is 2.87. The van der Waals surface area contributed by atoms with Gasteiger partial charge >= 0.3 is 0 Å². The van der Waals surface area contributed by atoms with Crippen LogP contribution in [0.5, 0.6) is 0 Å². The molecule has 2 aromatic rings. The maximum atomic E-state index is 13.9. The maximum Gasteiger partial charge on any atom is 0.245 e. The molecule has 2 heterocycles. The van der Waals surface area contributed by atoms with Gasteiger partial charge in [-0.3, -0.25) is 5.10 Å². The number of benzene rings is 1. The highest BCUT2D eigenvalue weighted by atomic mass is 79.9. The number of rotatable bonds is 2. The number of hydrogen-bond donors (Lipinski definition) is 2. The monoisotopic (exact) mass is 339 g/mol. The number of piperazine rings is 1. The molecule has 1 aliphatic rings. The zero-order valence-corrected chi connectivity index (χ0v) is 12.6. The Balaban J connectivity index is 1.90. The van der Waals surface area contributed by atoms with Gasteiger partial charge in [-0.2, -0.15) is 4.98 Å². The van der Waals surface area contributed by atoms with E-state index in [2.05, 4.69) is 48.3 Å². The van der Waals surface area contributed by atoms with Crippen molar-refractivity contribution in [2.45, 2.75) is 13.0 Å². The molecule has 0 aliphatic carbocycles. The Morgan fingerprint density at radius 2 is 2.30 bits per heavy atom. The van der Waals surface area contributed by atoms with Crippen LogP contribution in [0.1, 0.15) is 6.92 Å². The molecule has 1 aromatic carbocycles. The highest BCUT2D eigenvalue weighted by Crippen LogP contribution is 2.29. The fourth-order valence-electron chi connectivity index (χ4n) is 2.34. The van der Waals surface area contributed by atoms with Crippen LogP contribution in [0.2, 0.25) is 0 Å². The molecular formula is C13H15BrFN5. The van der Waals surface area contributed by atoms with E-state index in [1.54, 1.807) is 12.1 Å². The van der Waals surface area contributed by atoms with Crippen LogP contribution in [0, 0.1) is 5.82 Å². The highest BCUT2D eigenvalue weighted by molar-refractivity contribution is 9.10. The second-order valence-electron chi connectivity index (χ2n) is 4.88. The SMILES string of the molecule is CC1CN(c2n[nH]c(-c3c(F)cccc3Br)n2)CCN1. The summed E-state index contributed by atoms with van der Waals surface area (Å²) in [5.41, 5.74) is 0.412. The number of aromatic amines is 1. The molecule has 0 amide bonds. The van der Waals surface area contributed by atoms with Gasteiger partial charge in [0.25, 0.3) is 0 Å². The maximum absolute atomic E-state index is 13.9. The molecule has 1 unspecified atom stereocenters. The van der Waals surface area contributed by atoms with E-state index in [1.807, 2.05) is 0 Å². The van der Waals surface area contributed by atoms with Crippen molar-refractivity contribution < 1.29 is 4.39 Å². The lowest BCUT2D eigenvalue weighted by Gasteiger charge is -2.30. The average Bonchev–Trinajstić information content (AvgIpc) is 2.88. The molecule has 1 fully saturated rings. The second-order valence-corrected chi connectivity index (χ2v) is 5.74. The van der Waals surface area contributed by atoms with E-state index >= 15 is 0 Å². The van der Waals surface area contributed by atoms with Crippen LogP contribution < -0.4 is 10.2 Å². The Morgan fingerprint density at radius 1 is 1.45 bits per heavy atom. The molecule has 1 aromatic heterocycles. The van der Waals surface area contributed by atoms with E-state index in [0.717, 1.165) is 19.6 Å². The van der Waals surface area contributed by atoms with Crippen LogP contribution in [-0.2, 0) is 0 Å². The summed E-state index contributed by atoms with van der Waals surface area (Å²) in [6, 6.07) is 5.24. The molecule has 106 valence electrons. The van der Waals surface area contributed by atoms with Crippen molar-refractivity contribution in [3.05, 3.63) is 28.5 Å². The van der Waals surface area contributed by atoms with E-state index in [0.29, 0.717) is 27.9 Å². The Hall–Kier alpha value is -1.47. The van der Waals surface area contributed by atoms with Gasteiger partial charge in [0.1, 0.15) is 5.82 Å². The predicted octanol–water partition coefficient (Wildman–Crippen LogP) is 2.17. The smallest absolute Gasteiger partial charge is 0.245 e. The quantitative estimate of drug-likeness (QED) is 0.880. The molecule has 7 heteroatoms. The molecule has 2 N–H and O–H groups in total. The van der Waals surface area contributed by atoms with Crippen molar-refractivity contribution in [3.63, 3.8) is 0 Å². The van der Waals surface area contributed by atoms with Gasteiger partial charge in [-0.05, 0) is 35.0 Å². The minimum absolute atomic E-state index is 0.323. The normalized spacial score (nSPS) is 19.4. The summed E-state index contributed by atoms with van der Waals surface area (Å²) in [5, 5.41) is 10.4. The first-order chi connectivity index (χ1) is 9.65. The van der Waals surface area contributed by atoms with Gasteiger partial charge in [-0.15, -0.1) is 5.10 Å². The van der Waals surface area contributed by atoms with Gasteiger partial charge in [0.15, 0.2) is 5.82 Å². The summed E-state index contributed by atoms with van der Waals surface area (Å²) in [4.78, 5) is 6.51. The molecule has 1 saturated heterocycles. The molecule has 1 atom stereocenters. The Kier molecular flexibility index (Phi) is 3.71. The molecule has 20 heavy (non-hydrogen) atoms. The topological polar surface area (TPSA) is 56.8 Å². The van der Waals surface area contributed by atoms with Gasteiger partial charge in [0, 0.05) is 30.1 Å². The van der Waals surface area contributed by atoms with Gasteiger partial charge in [0.2, 0.25) is 5.95 Å². The van der Waals surface area contributed by atoms with Crippen molar-refractivity contribution >= 4 is 21.9 Å². The molecule has 1 aliphatic heterocycles. The van der Waals surface area contributed by atoms with Crippen molar-refractivity contribution in [2.75, 3.05) is 24.5 Å². The third-order valence-electron chi connectivity index (χ3n) is 3.32. The predicted molar refractivity (Wildman–Crippen MR) is 79.2 cm³/mol. The first kappa shape index (κ1) is 13.5. The van der Waals surface area contributed by atoms with Gasteiger partial charge in [0.05, 0.1) is 5.56 Å². The number of nitrogens with zero attached hydrogens (tertiary/aromatic N) is 3. The number of nitrogens with one attached hydrogen (secondary N) is 2. The van der Waals surface area contributed by atoms with Crippen LogP contribution in [-0.4, -0.2) is 40.9 Å². The van der Waals surface area contributed by atoms with E-state index in [4.69, 9.17) is 0 Å². The van der Waals surface area contributed by atoms with Gasteiger partial charge < -0.3 is 10.2 Å². The molecule has 5 nitrogen and oxygen atoms in total. The van der Waals surface area contributed by atoms with E-state index in [9.17, 15) is 4.39 Å². The lowest BCUT2D eigenvalue weighted by molar-refractivity contribution is 0.480. The Bertz CT molecular complexity index is 594. The summed E-state index contributed by atoms with van der Waals surface area (Å²) in [7, 11) is 0. The standard InChI is InChI=1S/C13H15BrFN5/c1-8-7-20(6-5-16-8)13-17-12(18-19-13)11-9(14)3-2-4-10(11)15/h2-4,8,16H,5-7H2,1H3,(H,17,18,19). The lowest BCUT2D eigenvalue weighted by atomic mass is 10.2. The molecule has 0 spiro atoms. The molecular weight excluding hydrogens is 325 g/mol. The van der Waals surface area contributed by atoms with Crippen molar-refractivity contribution in [1.29, 1.82) is 0 Å². The molecule has 0 saturated carbocycles. The van der Waals surface area contributed by atoms with E-state index in [-0.39, 0.29) is 5.82 Å². The minimum atomic E-state index is -0.323. The van der Waals surface area contributed by atoms with Crippen LogP contribution >= 0.6 is 15.9 Å². The third kappa shape index (κ3) is 2.55. The fraction of sp³-hybridized carbons (Fsp3) is 0.385. The number of hydrogen-bond acceptors (Lipinski definition) is 4. The first-order valence-electron chi connectivity index (χ1n) is 6.50. The second kappa shape index (κ2) is 5.49. The number of halogens is 2. The lowest BCUT2D eigenvalue weighted by Crippen LogP contribution is -2.49. The van der Waals surface area contributed by atoms with Crippen molar-refractivity contribution in [3.8, 4) is 11.4 Å². The number of aromatic nitrogens is 3. The van der Waals surface area contributed by atoms with Crippen LogP contribution in [0.15, 0.2) is 22.7 Å². The van der Waals surface area contributed by atoms with Crippen molar-refractivity contribution in [2.24, 2.45) is 0 Å². The van der Waals surface area contributed by atoms with E-state index < -0.39 is 0 Å². The average molecular weight is 340 g/mol. The third-order valence-corrected chi connectivity index (χ3v) is 3.99. The van der Waals surface area contributed by atoms with Crippen molar-refractivity contribution in [1.82, 2.24) is 20.5 Å². The summed E-state index contributed by atoms with van der Waals surface area (Å²) in [6.45, 7) is 4.71. The largest absolute Gasteiger partial charge is 0.337 e. The number of H-pyrrole nitrogens is 1. The molecule has 0 bridgehead atoms. The van der Waals surface area contributed by atoms with Gasteiger partial charge in [-0.25, -0.2) is 4.39 Å². The van der Waals surface area contributed by atoms with Crippen LogP contribution in [0.25, 0.3) is 11.4 Å². The Labute approximate surface area is 124 Å². The van der Waals surface area contributed by atoms with E-state index in [1.165, 1.54) is 6.07 Å². The summed E-state index contributed by atoms with van der Waals surface area (Å²) in [5.74, 6) is 0.732. The van der Waals surface area contributed by atoms with Crippen LogP contribution in [0.4, 0.5) is 10.3 Å². The molecule has 3 rings (SSSR count). The molecule has 0 radical (unpaired) electrons. The first-order valence-corrected chi connectivity index (χ1v) is 7.29. The van der Waals surface area contributed by atoms with Crippen LogP contribution in [0.3, 0.4) is 0 Å². The summed E-state index contributed by atoms with van der Waals surface area (Å²) < 4.78 is 14.6.